The van der Waals surface area contributed by atoms with Gasteiger partial charge < -0.3 is 44.8 Å². The Morgan fingerprint density at radius 1 is 0.417 bits per heavy atom. The van der Waals surface area contributed by atoms with Crippen molar-refractivity contribution < 1.29 is 59.2 Å². The summed E-state index contributed by atoms with van der Waals surface area (Å²) >= 11 is 0. The lowest BCUT2D eigenvalue weighted by Crippen LogP contribution is -2.11. The first-order chi connectivity index (χ1) is 23.1. The summed E-state index contributed by atoms with van der Waals surface area (Å²) in [6, 6.07) is 16.4. The first-order valence-electron chi connectivity index (χ1n) is 13.4. The smallest absolute Gasteiger partial charge is 0.337 e. The van der Waals surface area contributed by atoms with E-state index in [-0.39, 0.29) is 34.3 Å². The number of aromatic hydroxyl groups is 3. The number of ether oxygens (including phenoxy) is 3. The molecular weight excluding hydrogens is 636 g/mol. The zero-order valence-corrected chi connectivity index (χ0v) is 24.4. The van der Waals surface area contributed by atoms with Crippen LogP contribution in [0.15, 0.2) is 103 Å². The third-order valence-electron chi connectivity index (χ3n) is 5.73. The van der Waals surface area contributed by atoms with Gasteiger partial charge in [0.05, 0.1) is 17.1 Å². The van der Waals surface area contributed by atoms with Crippen LogP contribution in [0.2, 0.25) is 0 Å². The monoisotopic (exact) mass is 660 g/mol. The summed E-state index contributed by atoms with van der Waals surface area (Å²) in [5.41, 5.74) is -1.28. The van der Waals surface area contributed by atoms with Gasteiger partial charge in [0, 0.05) is 0 Å². The number of hydrogen-bond donors (Lipinski definition) is 6. The minimum atomic E-state index is -0.881. The van der Waals surface area contributed by atoms with Gasteiger partial charge in [-0.05, 0) is 72.8 Å². The van der Waals surface area contributed by atoms with Crippen LogP contribution in [0.4, 0.5) is 34.1 Å². The summed E-state index contributed by atoms with van der Waals surface area (Å²) in [6.45, 7) is -2.47. The van der Waals surface area contributed by atoms with Crippen LogP contribution >= 0.6 is 0 Å². The van der Waals surface area contributed by atoms with E-state index in [0.717, 1.165) is 0 Å². The first kappa shape index (κ1) is 34.2. The number of carbonyl (C=O) groups is 3. The van der Waals surface area contributed by atoms with Gasteiger partial charge in [-0.25, -0.2) is 14.4 Å². The summed E-state index contributed by atoms with van der Waals surface area (Å²) in [7, 11) is 0. The van der Waals surface area contributed by atoms with Crippen LogP contribution in [0, 0.1) is 0 Å². The van der Waals surface area contributed by atoms with Gasteiger partial charge in [-0.1, -0.05) is 0 Å². The maximum Gasteiger partial charge on any atom is 0.337 e. The number of esters is 3. The maximum absolute atomic E-state index is 11.3. The zero-order chi connectivity index (χ0) is 34.6. The predicted octanol–water partition coefficient (Wildman–Crippen LogP) is 4.74. The number of hydrogen-bond acceptors (Lipinski definition) is 18. The molecule has 6 N–H and O–H groups in total. The molecule has 0 spiro atoms. The minimum absolute atomic E-state index is 0.105. The van der Waals surface area contributed by atoms with E-state index in [1.807, 2.05) is 0 Å². The van der Waals surface area contributed by atoms with E-state index >= 15 is 0 Å². The summed E-state index contributed by atoms with van der Waals surface area (Å²) in [6.07, 6.45) is 0. The Morgan fingerprint density at radius 2 is 0.646 bits per heavy atom. The first-order valence-corrected chi connectivity index (χ1v) is 13.4. The zero-order valence-electron chi connectivity index (χ0n) is 24.4. The molecule has 18 heteroatoms. The van der Waals surface area contributed by atoms with Crippen LogP contribution in [0.5, 0.6) is 34.5 Å². The largest absolute Gasteiger partial charge is 0.504 e. The molecular formula is C30H24N6O12. The Kier molecular flexibility index (Phi) is 11.5. The molecule has 18 nitrogen and oxygen atoms in total. The molecule has 246 valence electrons. The number of aliphatic hydroxyl groups excluding tert-OH is 3. The SMILES string of the molecule is O=C(CO)Oc1ccc(N=Nc2c(O)c(N=Nc3ccc(OC(=O)CO)cc3)c(O)c(N=Nc3ccc(OC(=O)CO)cc3)c2O)cc1. The summed E-state index contributed by atoms with van der Waals surface area (Å²) in [5, 5.41) is 82.8. The standard InChI is InChI=1S/C30H24N6O12/c37-13-22(40)46-19-7-1-16(2-8-19)31-34-25-28(43)26(35-32-17-3-9-20(10-4-17)47-23(41)14-38)30(45)27(29(25)44)36-33-18-5-11-21(12-6-18)48-24(42)15-39/h1-12,37-39,43-45H,13-15H2. The molecule has 4 aromatic rings. The number of rotatable bonds is 12. The number of azo groups is 3. The van der Waals surface area contributed by atoms with Crippen LogP contribution in [0.25, 0.3) is 0 Å². The van der Waals surface area contributed by atoms with Crippen LogP contribution < -0.4 is 14.2 Å². The molecule has 0 saturated heterocycles. The fraction of sp³-hybridized carbons (Fsp3) is 0.100. The van der Waals surface area contributed by atoms with Gasteiger partial charge in [0.15, 0.2) is 34.3 Å². The van der Waals surface area contributed by atoms with E-state index in [0.29, 0.717) is 0 Å². The van der Waals surface area contributed by atoms with E-state index in [4.69, 9.17) is 29.5 Å². The van der Waals surface area contributed by atoms with E-state index in [1.54, 1.807) is 0 Å². The second-order valence-electron chi connectivity index (χ2n) is 9.07. The van der Waals surface area contributed by atoms with Crippen molar-refractivity contribution in [3.05, 3.63) is 72.8 Å². The van der Waals surface area contributed by atoms with Gasteiger partial charge >= 0.3 is 17.9 Å². The third kappa shape index (κ3) is 8.97. The van der Waals surface area contributed by atoms with E-state index in [9.17, 15) is 29.7 Å². The van der Waals surface area contributed by atoms with Crippen LogP contribution in [0.1, 0.15) is 0 Å². The van der Waals surface area contributed by atoms with Gasteiger partial charge in [0.2, 0.25) is 0 Å². The van der Waals surface area contributed by atoms with Crippen molar-refractivity contribution in [2.75, 3.05) is 19.8 Å². The molecule has 0 bridgehead atoms. The van der Waals surface area contributed by atoms with Crippen molar-refractivity contribution in [1.29, 1.82) is 0 Å². The van der Waals surface area contributed by atoms with E-state index in [1.165, 1.54) is 72.8 Å². The van der Waals surface area contributed by atoms with Gasteiger partial charge in [0.25, 0.3) is 0 Å². The Labute approximate surface area is 269 Å². The quantitative estimate of drug-likeness (QED) is 0.0683. The molecule has 0 fully saturated rings. The van der Waals surface area contributed by atoms with Crippen molar-refractivity contribution in [2.45, 2.75) is 0 Å². The Morgan fingerprint density at radius 3 is 0.854 bits per heavy atom. The van der Waals surface area contributed by atoms with E-state index < -0.39 is 72.0 Å². The van der Waals surface area contributed by atoms with Crippen LogP contribution in [-0.2, 0) is 14.4 Å². The van der Waals surface area contributed by atoms with Crippen molar-refractivity contribution >= 4 is 52.0 Å². The maximum atomic E-state index is 11.3. The lowest BCUT2D eigenvalue weighted by Gasteiger charge is -2.10. The normalized spacial score (nSPS) is 11.3. The number of aliphatic hydroxyl groups is 3. The highest BCUT2D eigenvalue weighted by molar-refractivity contribution is 5.86. The highest BCUT2D eigenvalue weighted by Gasteiger charge is 2.25. The molecule has 0 aromatic heterocycles. The predicted molar refractivity (Wildman–Crippen MR) is 161 cm³/mol. The van der Waals surface area contributed by atoms with Gasteiger partial charge in [0.1, 0.15) is 37.1 Å². The highest BCUT2D eigenvalue weighted by atomic mass is 16.6. The number of benzene rings is 4. The van der Waals surface area contributed by atoms with Crippen molar-refractivity contribution in [1.82, 2.24) is 0 Å². The third-order valence-corrected chi connectivity index (χ3v) is 5.73. The van der Waals surface area contributed by atoms with Crippen LogP contribution in [-0.4, -0.2) is 68.4 Å². The molecule has 0 radical (unpaired) electrons. The highest BCUT2D eigenvalue weighted by Crippen LogP contribution is 2.57. The second kappa shape index (κ2) is 16.1. The van der Waals surface area contributed by atoms with Crippen LogP contribution in [0.3, 0.4) is 0 Å². The van der Waals surface area contributed by atoms with Gasteiger partial charge in [-0.3, -0.25) is 0 Å². The van der Waals surface area contributed by atoms with Crippen molar-refractivity contribution in [2.24, 2.45) is 30.7 Å². The molecule has 4 aromatic carbocycles. The topological polar surface area (TPSA) is 274 Å². The Bertz CT molecular complexity index is 1640. The lowest BCUT2D eigenvalue weighted by atomic mass is 10.2. The van der Waals surface area contributed by atoms with Gasteiger partial charge in [-0.2, -0.15) is 15.3 Å². The molecule has 0 heterocycles. The number of phenolic OH excluding ortho intramolecular Hbond substituents is 3. The molecule has 0 atom stereocenters. The lowest BCUT2D eigenvalue weighted by molar-refractivity contribution is -0.138. The molecule has 0 saturated carbocycles. The fourth-order valence-electron chi connectivity index (χ4n) is 3.51. The second-order valence-corrected chi connectivity index (χ2v) is 9.07. The van der Waals surface area contributed by atoms with E-state index in [2.05, 4.69) is 30.7 Å². The molecule has 4 rings (SSSR count). The molecule has 0 amide bonds. The minimum Gasteiger partial charge on any atom is -0.504 e. The van der Waals surface area contributed by atoms with Crippen molar-refractivity contribution in [3.63, 3.8) is 0 Å². The molecule has 0 unspecified atom stereocenters. The number of carbonyl (C=O) groups excluding carboxylic acids is 3. The van der Waals surface area contributed by atoms with Gasteiger partial charge in [-0.15, -0.1) is 15.3 Å². The number of phenols is 3. The fourth-order valence-corrected chi connectivity index (χ4v) is 3.51. The Hall–Kier alpha value is -6.63. The average molecular weight is 661 g/mol. The number of nitrogens with zero attached hydrogens (tertiary/aromatic N) is 6. The Balaban J connectivity index is 1.71. The summed E-state index contributed by atoms with van der Waals surface area (Å²) in [4.78, 5) is 33.9. The molecule has 48 heavy (non-hydrogen) atoms. The molecule has 0 aliphatic heterocycles. The summed E-state index contributed by atoms with van der Waals surface area (Å²) in [5.74, 6) is -4.89. The molecule has 0 aliphatic rings. The summed E-state index contributed by atoms with van der Waals surface area (Å²) < 4.78 is 14.6. The molecule has 0 aliphatic carbocycles. The average Bonchev–Trinajstić information content (AvgIpc) is 3.09. The van der Waals surface area contributed by atoms with Crippen molar-refractivity contribution in [3.8, 4) is 34.5 Å².